The van der Waals surface area contributed by atoms with Crippen LogP contribution in [0.2, 0.25) is 5.02 Å². The number of nitrogens with zero attached hydrogens (tertiary/aromatic N) is 1. The first-order valence-corrected chi connectivity index (χ1v) is 12.6. The molecule has 0 saturated carbocycles. The molecule has 1 fully saturated rings. The Morgan fingerprint density at radius 1 is 1.00 bits per heavy atom. The third kappa shape index (κ3) is 6.86. The molecular formula is C29H32ClN3O3. The van der Waals surface area contributed by atoms with Gasteiger partial charge in [-0.2, -0.15) is 0 Å². The maximum Gasteiger partial charge on any atom is 0.251 e. The van der Waals surface area contributed by atoms with E-state index in [1.807, 2.05) is 18.2 Å². The van der Waals surface area contributed by atoms with Crippen LogP contribution in [0.1, 0.15) is 52.7 Å². The highest BCUT2D eigenvalue weighted by molar-refractivity contribution is 6.32. The standard InChI is InChI=1S/C29H32ClN3O3/c1-20(34)32-26-9-7-24(8-10-26)29(35)31-18-21-4-3-5-25(16-21)23-12-14-33(15-13-23)19-22-6-11-28(36-2)27(30)17-22/h3-11,16-17,23H,12-15,18-19H2,1-2H3,(H,31,35)(H,32,34). The van der Waals surface area contributed by atoms with Gasteiger partial charge < -0.3 is 15.4 Å². The molecule has 1 aliphatic rings. The Balaban J connectivity index is 1.28. The maximum atomic E-state index is 12.6. The molecule has 0 spiro atoms. The van der Waals surface area contributed by atoms with Crippen LogP contribution >= 0.6 is 11.6 Å². The average molecular weight is 506 g/mol. The maximum absolute atomic E-state index is 12.6. The summed E-state index contributed by atoms with van der Waals surface area (Å²) in [5, 5.41) is 6.35. The average Bonchev–Trinajstić information content (AvgIpc) is 2.88. The molecule has 4 rings (SSSR count). The number of hydrogen-bond acceptors (Lipinski definition) is 4. The molecule has 2 N–H and O–H groups in total. The van der Waals surface area contributed by atoms with Crippen LogP contribution in [0.15, 0.2) is 66.7 Å². The van der Waals surface area contributed by atoms with Crippen molar-refractivity contribution in [3.63, 3.8) is 0 Å². The van der Waals surface area contributed by atoms with Crippen molar-refractivity contribution in [2.45, 2.75) is 38.8 Å². The van der Waals surface area contributed by atoms with Crippen molar-refractivity contribution in [3.8, 4) is 5.75 Å². The summed E-state index contributed by atoms with van der Waals surface area (Å²) >= 11 is 6.28. The Bertz CT molecular complexity index is 1200. The molecular weight excluding hydrogens is 474 g/mol. The molecule has 3 aromatic carbocycles. The minimum absolute atomic E-state index is 0.137. The van der Waals surface area contributed by atoms with Crippen LogP contribution in [0.4, 0.5) is 5.69 Å². The molecule has 36 heavy (non-hydrogen) atoms. The normalized spacial score (nSPS) is 14.3. The Hall–Kier alpha value is -3.35. The van der Waals surface area contributed by atoms with E-state index >= 15 is 0 Å². The number of ether oxygens (including phenoxy) is 1. The fourth-order valence-electron chi connectivity index (χ4n) is 4.64. The number of piperidine rings is 1. The van der Waals surface area contributed by atoms with Crippen molar-refractivity contribution in [1.29, 1.82) is 0 Å². The van der Waals surface area contributed by atoms with Crippen molar-refractivity contribution in [1.82, 2.24) is 10.2 Å². The van der Waals surface area contributed by atoms with Gasteiger partial charge in [0.2, 0.25) is 5.91 Å². The fraction of sp³-hybridized carbons (Fsp3) is 0.310. The number of benzene rings is 3. The van der Waals surface area contributed by atoms with E-state index in [-0.39, 0.29) is 11.8 Å². The highest BCUT2D eigenvalue weighted by Crippen LogP contribution is 2.30. The summed E-state index contributed by atoms with van der Waals surface area (Å²) in [6.07, 6.45) is 2.20. The molecule has 0 radical (unpaired) electrons. The van der Waals surface area contributed by atoms with Gasteiger partial charge in [-0.1, -0.05) is 41.9 Å². The zero-order valence-corrected chi connectivity index (χ0v) is 21.5. The molecule has 188 valence electrons. The first-order valence-electron chi connectivity index (χ1n) is 12.2. The third-order valence-electron chi connectivity index (χ3n) is 6.55. The van der Waals surface area contributed by atoms with Gasteiger partial charge >= 0.3 is 0 Å². The summed E-state index contributed by atoms with van der Waals surface area (Å²) in [4.78, 5) is 26.2. The zero-order chi connectivity index (χ0) is 25.5. The predicted octanol–water partition coefficient (Wildman–Crippen LogP) is 5.62. The van der Waals surface area contributed by atoms with Gasteiger partial charge in [-0.05, 0) is 84.9 Å². The summed E-state index contributed by atoms with van der Waals surface area (Å²) in [6.45, 7) is 4.87. The number of nitrogens with one attached hydrogen (secondary N) is 2. The van der Waals surface area contributed by atoms with Crippen LogP contribution in [-0.2, 0) is 17.9 Å². The molecule has 0 unspecified atom stereocenters. The third-order valence-corrected chi connectivity index (χ3v) is 6.85. The molecule has 3 aromatic rings. The number of amides is 2. The summed E-state index contributed by atoms with van der Waals surface area (Å²) in [7, 11) is 1.63. The first-order chi connectivity index (χ1) is 17.4. The molecule has 2 amide bonds. The van der Waals surface area contributed by atoms with E-state index < -0.39 is 0 Å². The summed E-state index contributed by atoms with van der Waals surface area (Å²) in [5.74, 6) is 0.939. The quantitative estimate of drug-likeness (QED) is 0.417. The van der Waals surface area contributed by atoms with Crippen LogP contribution < -0.4 is 15.4 Å². The van der Waals surface area contributed by atoms with Gasteiger partial charge in [-0.3, -0.25) is 14.5 Å². The van der Waals surface area contributed by atoms with Crippen molar-refractivity contribution in [2.24, 2.45) is 0 Å². The van der Waals surface area contributed by atoms with Crippen LogP contribution in [0.25, 0.3) is 0 Å². The number of anilines is 1. The SMILES string of the molecule is COc1ccc(CN2CCC(c3cccc(CNC(=O)c4ccc(NC(C)=O)cc4)c3)CC2)cc1Cl. The van der Waals surface area contributed by atoms with Crippen molar-refractivity contribution < 1.29 is 14.3 Å². The van der Waals surface area contributed by atoms with E-state index in [9.17, 15) is 9.59 Å². The predicted molar refractivity (Wildman–Crippen MR) is 144 cm³/mol. The van der Waals surface area contributed by atoms with Gasteiger partial charge in [0.05, 0.1) is 12.1 Å². The fourth-order valence-corrected chi connectivity index (χ4v) is 4.92. The Kier molecular flexibility index (Phi) is 8.62. The monoisotopic (exact) mass is 505 g/mol. The minimum atomic E-state index is -0.139. The summed E-state index contributed by atoms with van der Waals surface area (Å²) < 4.78 is 5.25. The lowest BCUT2D eigenvalue weighted by molar-refractivity contribution is -0.114. The lowest BCUT2D eigenvalue weighted by atomic mass is 9.88. The van der Waals surface area contributed by atoms with E-state index in [1.165, 1.54) is 18.1 Å². The number of hydrogen-bond donors (Lipinski definition) is 2. The molecule has 6 nitrogen and oxygen atoms in total. The second-order valence-electron chi connectivity index (χ2n) is 9.21. The molecule has 1 saturated heterocycles. The van der Waals surface area contributed by atoms with E-state index in [4.69, 9.17) is 16.3 Å². The number of halogens is 1. The molecule has 0 aromatic heterocycles. The molecule has 7 heteroatoms. The summed E-state index contributed by atoms with van der Waals surface area (Å²) in [6, 6.07) is 21.4. The topological polar surface area (TPSA) is 70.7 Å². The smallest absolute Gasteiger partial charge is 0.251 e. The highest BCUT2D eigenvalue weighted by atomic mass is 35.5. The van der Waals surface area contributed by atoms with Gasteiger partial charge in [0.25, 0.3) is 5.91 Å². The minimum Gasteiger partial charge on any atom is -0.495 e. The molecule has 0 aliphatic carbocycles. The summed E-state index contributed by atoms with van der Waals surface area (Å²) in [5.41, 5.74) is 4.85. The van der Waals surface area contributed by atoms with E-state index in [1.54, 1.807) is 31.4 Å². The second kappa shape index (κ2) is 12.1. The van der Waals surface area contributed by atoms with Crippen molar-refractivity contribution in [3.05, 3.63) is 94.0 Å². The van der Waals surface area contributed by atoms with Gasteiger partial charge in [0, 0.05) is 31.3 Å². The van der Waals surface area contributed by atoms with E-state index in [0.29, 0.717) is 34.5 Å². The number of carbonyl (C=O) groups is 2. The van der Waals surface area contributed by atoms with Crippen LogP contribution in [0.3, 0.4) is 0 Å². The van der Waals surface area contributed by atoms with Crippen LogP contribution in [0.5, 0.6) is 5.75 Å². The van der Waals surface area contributed by atoms with Crippen LogP contribution in [-0.4, -0.2) is 36.9 Å². The number of carbonyl (C=O) groups excluding carboxylic acids is 2. The lowest BCUT2D eigenvalue weighted by Crippen LogP contribution is -2.32. The lowest BCUT2D eigenvalue weighted by Gasteiger charge is -2.32. The highest BCUT2D eigenvalue weighted by Gasteiger charge is 2.21. The Morgan fingerprint density at radius 3 is 2.42 bits per heavy atom. The Labute approximate surface area is 217 Å². The number of methoxy groups -OCH3 is 1. The largest absolute Gasteiger partial charge is 0.495 e. The number of rotatable bonds is 8. The van der Waals surface area contributed by atoms with Gasteiger partial charge in [-0.25, -0.2) is 0 Å². The van der Waals surface area contributed by atoms with Crippen molar-refractivity contribution in [2.75, 3.05) is 25.5 Å². The van der Waals surface area contributed by atoms with Gasteiger partial charge in [0.1, 0.15) is 5.75 Å². The van der Waals surface area contributed by atoms with Crippen molar-refractivity contribution >= 4 is 29.1 Å². The molecule has 0 atom stereocenters. The number of likely N-dealkylation sites (tertiary alicyclic amines) is 1. The van der Waals surface area contributed by atoms with Gasteiger partial charge in [0.15, 0.2) is 0 Å². The van der Waals surface area contributed by atoms with E-state index in [0.717, 1.165) is 38.0 Å². The molecule has 1 heterocycles. The first kappa shape index (κ1) is 25.7. The zero-order valence-electron chi connectivity index (χ0n) is 20.7. The van der Waals surface area contributed by atoms with Crippen LogP contribution in [0, 0.1) is 0 Å². The second-order valence-corrected chi connectivity index (χ2v) is 9.61. The van der Waals surface area contributed by atoms with Gasteiger partial charge in [-0.15, -0.1) is 0 Å². The molecule has 0 bridgehead atoms. The molecule has 1 aliphatic heterocycles. The Morgan fingerprint density at radius 2 is 1.75 bits per heavy atom. The van der Waals surface area contributed by atoms with E-state index in [2.05, 4.69) is 39.8 Å².